The van der Waals surface area contributed by atoms with Crippen LogP contribution in [0.15, 0.2) is 17.3 Å². The highest BCUT2D eigenvalue weighted by Gasteiger charge is 2.20. The number of fused-ring (bicyclic) bond motifs is 1. The number of hydrogen-bond acceptors (Lipinski definition) is 2. The van der Waals surface area contributed by atoms with Crippen molar-refractivity contribution in [2.75, 3.05) is 0 Å². The van der Waals surface area contributed by atoms with Gasteiger partial charge in [-0.15, -0.1) is 0 Å². The van der Waals surface area contributed by atoms with Crippen LogP contribution in [-0.4, -0.2) is 22.6 Å². The first-order valence-corrected chi connectivity index (χ1v) is 3.19. The zero-order chi connectivity index (χ0) is 8.72. The summed E-state index contributed by atoms with van der Waals surface area (Å²) in [4.78, 5) is 25.1. The molecule has 0 atom stereocenters. The van der Waals surface area contributed by atoms with Gasteiger partial charge in [-0.05, 0) is 0 Å². The van der Waals surface area contributed by atoms with Crippen molar-refractivity contribution in [3.8, 4) is 0 Å². The molecule has 0 aromatic carbocycles. The summed E-state index contributed by atoms with van der Waals surface area (Å²) in [6, 6.07) is 0.983. The third-order valence-electron chi connectivity index (χ3n) is 1.54. The molecule has 0 fully saturated rings. The van der Waals surface area contributed by atoms with Crippen molar-refractivity contribution in [2.45, 2.75) is 0 Å². The number of aromatic nitrogens is 1. The highest BCUT2D eigenvalue weighted by Crippen LogP contribution is 2.10. The van der Waals surface area contributed by atoms with E-state index in [0.717, 1.165) is 23.0 Å². The molecule has 12 heavy (non-hydrogen) atoms. The predicted molar refractivity (Wildman–Crippen MR) is 37.8 cm³/mol. The fourth-order valence-electron chi connectivity index (χ4n) is 1.02. The van der Waals surface area contributed by atoms with Gasteiger partial charge in [0, 0.05) is 12.3 Å². The number of hydrogen-bond donors (Lipinski definition) is 0. The Morgan fingerprint density at radius 1 is 1.42 bits per heavy atom. The van der Waals surface area contributed by atoms with Gasteiger partial charge in [0.1, 0.15) is 11.5 Å². The maximum Gasteiger partial charge on any atom is 0.294 e. The van der Waals surface area contributed by atoms with Gasteiger partial charge in [-0.25, -0.2) is 9.38 Å². The fourth-order valence-corrected chi connectivity index (χ4v) is 1.02. The molecule has 1 amide bonds. The van der Waals surface area contributed by atoms with Gasteiger partial charge >= 0.3 is 0 Å². The lowest BCUT2D eigenvalue weighted by molar-refractivity contribution is 0.0927. The molecule has 60 valence electrons. The lowest BCUT2D eigenvalue weighted by Crippen LogP contribution is -2.21. The molecule has 0 radical (unpaired) electrons. The number of carbonyl (C=O) groups is 2. The molecule has 2 rings (SSSR count). The Labute approximate surface area is 66.3 Å². The van der Waals surface area contributed by atoms with Crippen molar-refractivity contribution in [1.29, 1.82) is 0 Å². The molecular formula is C7H3FN2O2. The van der Waals surface area contributed by atoms with E-state index in [0.29, 0.717) is 0 Å². The van der Waals surface area contributed by atoms with E-state index >= 15 is 0 Å². The molecule has 1 aliphatic rings. The van der Waals surface area contributed by atoms with Gasteiger partial charge in [0.25, 0.3) is 11.8 Å². The number of amides is 1. The van der Waals surface area contributed by atoms with Crippen molar-refractivity contribution < 1.29 is 14.0 Å². The Kier molecular flexibility index (Phi) is 1.21. The zero-order valence-electron chi connectivity index (χ0n) is 5.82. The van der Waals surface area contributed by atoms with Crippen LogP contribution in [0.2, 0.25) is 0 Å². The molecule has 5 heteroatoms. The predicted octanol–water partition coefficient (Wildman–Crippen LogP) is 0.492. The zero-order valence-corrected chi connectivity index (χ0v) is 5.82. The monoisotopic (exact) mass is 166 g/mol. The maximum absolute atomic E-state index is 12.6. The second-order valence-corrected chi connectivity index (χ2v) is 2.32. The lowest BCUT2D eigenvalue weighted by Gasteiger charge is -2.04. The summed E-state index contributed by atoms with van der Waals surface area (Å²) >= 11 is 0. The minimum Gasteiger partial charge on any atom is -0.274 e. The van der Waals surface area contributed by atoms with Gasteiger partial charge in [-0.3, -0.25) is 14.2 Å². The topological polar surface area (TPSA) is 51.4 Å². The van der Waals surface area contributed by atoms with E-state index in [9.17, 15) is 14.0 Å². The Balaban J connectivity index is 2.68. The molecule has 1 aliphatic heterocycles. The van der Waals surface area contributed by atoms with Crippen LogP contribution >= 0.6 is 0 Å². The molecule has 0 spiro atoms. The number of rotatable bonds is 0. The van der Waals surface area contributed by atoms with E-state index in [2.05, 4.69) is 4.99 Å². The molecule has 1 aromatic heterocycles. The van der Waals surface area contributed by atoms with Gasteiger partial charge in [0.15, 0.2) is 0 Å². The first-order valence-electron chi connectivity index (χ1n) is 3.19. The van der Waals surface area contributed by atoms with Gasteiger partial charge in [0.05, 0.1) is 6.21 Å². The molecule has 0 aliphatic carbocycles. The van der Waals surface area contributed by atoms with Crippen LogP contribution in [0, 0.1) is 5.82 Å². The van der Waals surface area contributed by atoms with E-state index in [-0.39, 0.29) is 5.69 Å². The Morgan fingerprint density at radius 2 is 2.17 bits per heavy atom. The molecule has 4 nitrogen and oxygen atoms in total. The van der Waals surface area contributed by atoms with Crippen molar-refractivity contribution in [3.05, 3.63) is 23.8 Å². The summed E-state index contributed by atoms with van der Waals surface area (Å²) < 4.78 is 13.5. The lowest BCUT2D eigenvalue weighted by atomic mass is 10.3. The SMILES string of the molecule is O=C1N=CC(=O)n2cc(F)cc21. The third kappa shape index (κ3) is 0.795. The summed E-state index contributed by atoms with van der Waals surface area (Å²) in [6.07, 6.45) is 1.83. The third-order valence-corrected chi connectivity index (χ3v) is 1.54. The second kappa shape index (κ2) is 2.10. The van der Waals surface area contributed by atoms with E-state index in [1.54, 1.807) is 0 Å². The molecule has 2 heterocycles. The second-order valence-electron chi connectivity index (χ2n) is 2.32. The van der Waals surface area contributed by atoms with Gasteiger partial charge in [0.2, 0.25) is 0 Å². The van der Waals surface area contributed by atoms with Crippen LogP contribution in [0.5, 0.6) is 0 Å². The first-order chi connectivity index (χ1) is 5.68. The minimum atomic E-state index is -0.614. The maximum atomic E-state index is 12.6. The summed E-state index contributed by atoms with van der Waals surface area (Å²) in [7, 11) is 0. The average molecular weight is 166 g/mol. The van der Waals surface area contributed by atoms with E-state index in [1.807, 2.05) is 0 Å². The molecule has 0 unspecified atom stereocenters. The van der Waals surface area contributed by atoms with Crippen molar-refractivity contribution in [1.82, 2.24) is 4.57 Å². The highest BCUT2D eigenvalue weighted by molar-refractivity contribution is 6.32. The number of aliphatic imine (C=N–C) groups is 1. The summed E-state index contributed by atoms with van der Waals surface area (Å²) in [5.41, 5.74) is -0.0278. The minimum absolute atomic E-state index is 0.0278. The summed E-state index contributed by atoms with van der Waals surface area (Å²) in [6.45, 7) is 0. The van der Waals surface area contributed by atoms with Crippen LogP contribution in [0.4, 0.5) is 4.39 Å². The smallest absolute Gasteiger partial charge is 0.274 e. The molecule has 0 saturated heterocycles. The van der Waals surface area contributed by atoms with Crippen LogP contribution in [0.3, 0.4) is 0 Å². The van der Waals surface area contributed by atoms with Gasteiger partial charge in [-0.2, -0.15) is 0 Å². The number of carbonyl (C=O) groups excluding carboxylic acids is 2. The van der Waals surface area contributed by atoms with E-state index < -0.39 is 17.6 Å². The van der Waals surface area contributed by atoms with Gasteiger partial charge in [-0.1, -0.05) is 0 Å². The van der Waals surface area contributed by atoms with Crippen LogP contribution in [-0.2, 0) is 0 Å². The summed E-state index contributed by atoms with van der Waals surface area (Å²) in [5.74, 6) is -1.72. The average Bonchev–Trinajstić information content (AvgIpc) is 2.41. The van der Waals surface area contributed by atoms with Gasteiger partial charge < -0.3 is 0 Å². The number of nitrogens with zero attached hydrogens (tertiary/aromatic N) is 2. The van der Waals surface area contributed by atoms with Crippen molar-refractivity contribution in [2.24, 2.45) is 4.99 Å². The van der Waals surface area contributed by atoms with Crippen LogP contribution in [0.25, 0.3) is 0 Å². The molecule has 0 bridgehead atoms. The highest BCUT2D eigenvalue weighted by atomic mass is 19.1. The number of halogens is 1. The molecule has 0 N–H and O–H groups in total. The molecule has 1 aromatic rings. The van der Waals surface area contributed by atoms with Crippen LogP contribution < -0.4 is 0 Å². The first kappa shape index (κ1) is 6.90. The van der Waals surface area contributed by atoms with E-state index in [4.69, 9.17) is 0 Å². The quantitative estimate of drug-likeness (QED) is 0.563. The molecule has 0 saturated carbocycles. The van der Waals surface area contributed by atoms with E-state index in [1.165, 1.54) is 0 Å². The Bertz CT molecular complexity index is 370. The summed E-state index contributed by atoms with van der Waals surface area (Å²) in [5, 5.41) is 0. The van der Waals surface area contributed by atoms with Crippen molar-refractivity contribution in [3.63, 3.8) is 0 Å². The molecular weight excluding hydrogens is 163 g/mol. The fraction of sp³-hybridized carbons (Fsp3) is 0. The Hall–Kier alpha value is -1.78. The Morgan fingerprint density at radius 3 is 2.83 bits per heavy atom. The largest absolute Gasteiger partial charge is 0.294 e. The van der Waals surface area contributed by atoms with Crippen LogP contribution in [0.1, 0.15) is 15.3 Å². The normalized spacial score (nSPS) is 15.1. The standard InChI is InChI=1S/C7H3FN2O2/c8-4-1-5-7(12)9-2-6(11)10(5)3-4/h1-3H. The van der Waals surface area contributed by atoms with Crippen molar-refractivity contribution >= 4 is 18.0 Å².